The molecule has 0 saturated carbocycles. The summed E-state index contributed by atoms with van der Waals surface area (Å²) in [6.45, 7) is 2.58. The summed E-state index contributed by atoms with van der Waals surface area (Å²) in [5, 5.41) is 11.6. The molecule has 2 aromatic rings. The number of benzene rings is 1. The third kappa shape index (κ3) is 3.49. The van der Waals surface area contributed by atoms with Gasteiger partial charge in [0.25, 0.3) is 0 Å². The van der Waals surface area contributed by atoms with Gasteiger partial charge in [-0.05, 0) is 41.1 Å². The van der Waals surface area contributed by atoms with E-state index in [2.05, 4.69) is 26.1 Å². The van der Waals surface area contributed by atoms with Crippen molar-refractivity contribution in [3.05, 3.63) is 44.3 Å². The minimum absolute atomic E-state index is 0.0590. The Morgan fingerprint density at radius 1 is 1.55 bits per heavy atom. The molecule has 0 aliphatic rings. The number of hydrogen-bond donors (Lipinski definition) is 2. The number of ether oxygens (including phenoxy) is 1. The quantitative estimate of drug-likeness (QED) is 0.374. The molecule has 0 radical (unpaired) electrons. The van der Waals surface area contributed by atoms with Crippen molar-refractivity contribution in [1.29, 1.82) is 0 Å². The van der Waals surface area contributed by atoms with Gasteiger partial charge in [-0.1, -0.05) is 5.16 Å². The van der Waals surface area contributed by atoms with E-state index in [4.69, 9.17) is 15.7 Å². The Hall–Kier alpha value is -1.60. The molecule has 1 heterocycles. The summed E-state index contributed by atoms with van der Waals surface area (Å²) in [5.41, 5.74) is 9.07. The van der Waals surface area contributed by atoms with Crippen molar-refractivity contribution in [2.45, 2.75) is 13.3 Å². The van der Waals surface area contributed by atoms with Crippen LogP contribution in [0.4, 0.5) is 0 Å². The molecule has 2 rings (SSSR count). The standard InChI is InChI=1S/C13H14BrN3O2S/c1-8-12(20-7-16-8)4-5-19-9-2-3-10(11(14)6-9)13(15)17-18/h2-3,6-7,18H,4-5H2,1H3,(H2,15,17). The van der Waals surface area contributed by atoms with Gasteiger partial charge in [-0.15, -0.1) is 11.3 Å². The van der Waals surface area contributed by atoms with Crippen molar-refractivity contribution >= 4 is 33.1 Å². The van der Waals surface area contributed by atoms with Crippen molar-refractivity contribution in [3.8, 4) is 5.75 Å². The average Bonchev–Trinajstić information content (AvgIpc) is 2.84. The van der Waals surface area contributed by atoms with E-state index in [1.54, 1.807) is 29.5 Å². The predicted octanol–water partition coefficient (Wildman–Crippen LogP) is 2.93. The van der Waals surface area contributed by atoms with Crippen molar-refractivity contribution in [1.82, 2.24) is 4.98 Å². The zero-order chi connectivity index (χ0) is 14.5. The number of nitrogens with two attached hydrogens (primary N) is 1. The summed E-state index contributed by atoms with van der Waals surface area (Å²) in [4.78, 5) is 5.44. The van der Waals surface area contributed by atoms with E-state index >= 15 is 0 Å². The highest BCUT2D eigenvalue weighted by atomic mass is 79.9. The van der Waals surface area contributed by atoms with Crippen molar-refractivity contribution in [2.75, 3.05) is 6.61 Å². The summed E-state index contributed by atoms with van der Waals surface area (Å²) in [7, 11) is 0. The molecule has 1 aromatic heterocycles. The predicted molar refractivity (Wildman–Crippen MR) is 82.7 cm³/mol. The van der Waals surface area contributed by atoms with E-state index < -0.39 is 0 Å². The first-order valence-electron chi connectivity index (χ1n) is 5.91. The molecule has 20 heavy (non-hydrogen) atoms. The molecule has 0 atom stereocenters. The smallest absolute Gasteiger partial charge is 0.171 e. The van der Waals surface area contributed by atoms with Crippen LogP contribution >= 0.6 is 27.3 Å². The number of halogens is 1. The number of amidine groups is 1. The van der Waals surface area contributed by atoms with Crippen LogP contribution < -0.4 is 10.5 Å². The second kappa shape index (κ2) is 6.71. The lowest BCUT2D eigenvalue weighted by molar-refractivity contribution is 0.318. The largest absolute Gasteiger partial charge is 0.493 e. The van der Waals surface area contributed by atoms with Gasteiger partial charge in [0.05, 0.1) is 17.8 Å². The normalized spacial score (nSPS) is 11.6. The van der Waals surface area contributed by atoms with Gasteiger partial charge in [0.2, 0.25) is 0 Å². The van der Waals surface area contributed by atoms with Crippen molar-refractivity contribution in [2.24, 2.45) is 10.9 Å². The topological polar surface area (TPSA) is 80.7 Å². The van der Waals surface area contributed by atoms with Gasteiger partial charge in [-0.2, -0.15) is 0 Å². The van der Waals surface area contributed by atoms with Crippen LogP contribution in [0.15, 0.2) is 33.3 Å². The van der Waals surface area contributed by atoms with E-state index in [0.29, 0.717) is 12.2 Å². The summed E-state index contributed by atoms with van der Waals surface area (Å²) < 4.78 is 6.41. The highest BCUT2D eigenvalue weighted by Crippen LogP contribution is 2.23. The van der Waals surface area contributed by atoms with E-state index in [1.807, 2.05) is 12.4 Å². The Morgan fingerprint density at radius 3 is 2.95 bits per heavy atom. The second-order valence-electron chi connectivity index (χ2n) is 4.09. The molecule has 0 unspecified atom stereocenters. The highest BCUT2D eigenvalue weighted by molar-refractivity contribution is 9.10. The van der Waals surface area contributed by atoms with E-state index in [9.17, 15) is 0 Å². The Kier molecular flexibility index (Phi) is 4.97. The summed E-state index contributed by atoms with van der Waals surface area (Å²) in [6.07, 6.45) is 0.829. The van der Waals surface area contributed by atoms with E-state index in [-0.39, 0.29) is 5.84 Å². The fraction of sp³-hybridized carbons (Fsp3) is 0.231. The molecule has 0 fully saturated rings. The average molecular weight is 356 g/mol. The first-order valence-corrected chi connectivity index (χ1v) is 7.58. The minimum atomic E-state index is 0.0590. The van der Waals surface area contributed by atoms with Crippen LogP contribution in [-0.4, -0.2) is 22.6 Å². The SMILES string of the molecule is Cc1ncsc1CCOc1ccc(/C(N)=N/O)c(Br)c1. The number of hydrogen-bond acceptors (Lipinski definition) is 5. The molecular formula is C13H14BrN3O2S. The maximum absolute atomic E-state index is 8.66. The molecule has 5 nitrogen and oxygen atoms in total. The fourth-order valence-electron chi connectivity index (χ4n) is 1.67. The summed E-state index contributed by atoms with van der Waals surface area (Å²) in [6, 6.07) is 5.33. The molecule has 0 aliphatic heterocycles. The number of oxime groups is 1. The molecule has 3 N–H and O–H groups in total. The van der Waals surface area contributed by atoms with Crippen LogP contribution in [-0.2, 0) is 6.42 Å². The van der Waals surface area contributed by atoms with Gasteiger partial charge in [0.15, 0.2) is 5.84 Å². The van der Waals surface area contributed by atoms with Crippen LogP contribution in [0, 0.1) is 6.92 Å². The Bertz CT molecular complexity index is 628. The Balaban J connectivity index is 1.97. The van der Waals surface area contributed by atoms with Crippen LogP contribution in [0.3, 0.4) is 0 Å². The van der Waals surface area contributed by atoms with Gasteiger partial charge in [0.1, 0.15) is 5.75 Å². The first kappa shape index (κ1) is 14.8. The van der Waals surface area contributed by atoms with Crippen LogP contribution in [0.2, 0.25) is 0 Å². The minimum Gasteiger partial charge on any atom is -0.493 e. The van der Waals surface area contributed by atoms with E-state index in [0.717, 1.165) is 22.3 Å². The zero-order valence-electron chi connectivity index (χ0n) is 10.8. The fourth-order valence-corrected chi connectivity index (χ4v) is 3.00. The lowest BCUT2D eigenvalue weighted by Gasteiger charge is -2.08. The molecule has 7 heteroatoms. The molecule has 0 amide bonds. The Morgan fingerprint density at radius 2 is 2.35 bits per heavy atom. The maximum Gasteiger partial charge on any atom is 0.171 e. The number of thiazole rings is 1. The molecule has 1 aromatic carbocycles. The number of rotatable bonds is 5. The molecule has 0 aliphatic carbocycles. The summed E-state index contributed by atoms with van der Waals surface area (Å²) in [5.74, 6) is 0.789. The monoisotopic (exact) mass is 355 g/mol. The maximum atomic E-state index is 8.66. The van der Waals surface area contributed by atoms with Gasteiger partial charge in [-0.25, -0.2) is 4.98 Å². The van der Waals surface area contributed by atoms with Crippen LogP contribution in [0.5, 0.6) is 5.75 Å². The molecule has 0 spiro atoms. The van der Waals surface area contributed by atoms with E-state index in [1.165, 1.54) is 4.88 Å². The zero-order valence-corrected chi connectivity index (χ0v) is 13.2. The lowest BCUT2D eigenvalue weighted by Crippen LogP contribution is -2.13. The molecule has 0 bridgehead atoms. The molecule has 0 saturated heterocycles. The Labute approximate surface area is 129 Å². The highest BCUT2D eigenvalue weighted by Gasteiger charge is 2.07. The van der Waals surface area contributed by atoms with Crippen molar-refractivity contribution in [3.63, 3.8) is 0 Å². The van der Waals surface area contributed by atoms with Crippen LogP contribution in [0.1, 0.15) is 16.1 Å². The van der Waals surface area contributed by atoms with Gasteiger partial charge >= 0.3 is 0 Å². The molecule has 106 valence electrons. The van der Waals surface area contributed by atoms with Gasteiger partial charge in [0, 0.05) is 21.3 Å². The van der Waals surface area contributed by atoms with Crippen molar-refractivity contribution < 1.29 is 9.94 Å². The summed E-state index contributed by atoms with van der Waals surface area (Å²) >= 11 is 5.01. The number of aromatic nitrogens is 1. The van der Waals surface area contributed by atoms with Gasteiger partial charge in [-0.3, -0.25) is 0 Å². The third-order valence-corrected chi connectivity index (χ3v) is 4.42. The number of aryl methyl sites for hydroxylation is 1. The lowest BCUT2D eigenvalue weighted by atomic mass is 10.2. The third-order valence-electron chi connectivity index (χ3n) is 2.77. The number of nitrogens with zero attached hydrogens (tertiary/aromatic N) is 2. The van der Waals surface area contributed by atoms with Gasteiger partial charge < -0.3 is 15.7 Å². The first-order chi connectivity index (χ1) is 9.61. The van der Waals surface area contributed by atoms with Crippen LogP contribution in [0.25, 0.3) is 0 Å². The molecular weight excluding hydrogens is 342 g/mol. The second-order valence-corrected chi connectivity index (χ2v) is 5.88.